The number of anilines is 1. The number of rotatable bonds is 3. The maximum atomic E-state index is 11.3. The van der Waals surface area contributed by atoms with Gasteiger partial charge in [0, 0.05) is 4.88 Å². The fourth-order valence-corrected chi connectivity index (χ4v) is 3.10. The van der Waals surface area contributed by atoms with E-state index in [4.69, 9.17) is 15.1 Å². The number of hydrogen-bond donors (Lipinski definition) is 2. The van der Waals surface area contributed by atoms with E-state index in [-0.39, 0.29) is 13.2 Å². The lowest BCUT2D eigenvalue weighted by Gasteiger charge is -2.04. The smallest absolute Gasteiger partial charge is 0.412 e. The van der Waals surface area contributed by atoms with Crippen LogP contribution in [0.5, 0.6) is 0 Å². The first-order chi connectivity index (χ1) is 8.26. The zero-order valence-corrected chi connectivity index (χ0v) is 9.97. The van der Waals surface area contributed by atoms with Crippen LogP contribution < -0.4 is 5.32 Å². The minimum absolute atomic E-state index is 0.0428. The highest BCUT2D eigenvalue weighted by Gasteiger charge is 2.23. The van der Waals surface area contributed by atoms with Gasteiger partial charge in [-0.2, -0.15) is 5.26 Å². The van der Waals surface area contributed by atoms with E-state index < -0.39 is 6.09 Å². The van der Waals surface area contributed by atoms with Crippen LogP contribution >= 0.6 is 11.3 Å². The lowest BCUT2D eigenvalue weighted by atomic mass is 10.1. The van der Waals surface area contributed by atoms with Crippen molar-refractivity contribution in [1.29, 1.82) is 5.26 Å². The van der Waals surface area contributed by atoms with Gasteiger partial charge in [0.05, 0.1) is 12.2 Å². The maximum absolute atomic E-state index is 11.3. The minimum atomic E-state index is -0.629. The second-order valence-corrected chi connectivity index (χ2v) is 4.76. The normalized spacial score (nSPS) is 12.9. The SMILES string of the molecule is N#Cc1c(NC(=O)OCCO)sc2c1CCC2. The summed E-state index contributed by atoms with van der Waals surface area (Å²) in [4.78, 5) is 12.5. The summed E-state index contributed by atoms with van der Waals surface area (Å²) in [6, 6.07) is 2.13. The van der Waals surface area contributed by atoms with E-state index >= 15 is 0 Å². The Morgan fingerprint density at radius 2 is 2.41 bits per heavy atom. The second kappa shape index (κ2) is 5.17. The van der Waals surface area contributed by atoms with Gasteiger partial charge in [-0.05, 0) is 24.8 Å². The number of nitriles is 1. The Bertz CT molecular complexity index is 476. The standard InChI is InChI=1S/C11H12N2O3S/c12-6-8-7-2-1-3-9(7)17-10(8)13-11(15)16-5-4-14/h14H,1-5H2,(H,13,15). The number of ether oxygens (including phenoxy) is 1. The van der Waals surface area contributed by atoms with Crippen molar-refractivity contribution < 1.29 is 14.6 Å². The molecule has 0 unspecified atom stereocenters. The van der Waals surface area contributed by atoms with E-state index in [2.05, 4.69) is 11.4 Å². The van der Waals surface area contributed by atoms with Gasteiger partial charge in [0.15, 0.2) is 0 Å². The van der Waals surface area contributed by atoms with Crippen LogP contribution in [-0.2, 0) is 17.6 Å². The minimum Gasteiger partial charge on any atom is -0.447 e. The Balaban J connectivity index is 2.12. The molecule has 0 spiro atoms. The molecule has 90 valence electrons. The molecule has 2 N–H and O–H groups in total. The summed E-state index contributed by atoms with van der Waals surface area (Å²) in [5, 5.41) is 20.7. The monoisotopic (exact) mass is 252 g/mol. The van der Waals surface area contributed by atoms with Crippen LogP contribution in [0.1, 0.15) is 22.4 Å². The highest BCUT2D eigenvalue weighted by atomic mass is 32.1. The molecule has 5 nitrogen and oxygen atoms in total. The molecule has 1 aromatic heterocycles. The van der Waals surface area contributed by atoms with Crippen molar-refractivity contribution in [3.05, 3.63) is 16.0 Å². The van der Waals surface area contributed by atoms with Gasteiger partial charge in [0.25, 0.3) is 0 Å². The van der Waals surface area contributed by atoms with Crippen LogP contribution in [0.3, 0.4) is 0 Å². The van der Waals surface area contributed by atoms with Crippen molar-refractivity contribution in [2.45, 2.75) is 19.3 Å². The van der Waals surface area contributed by atoms with Crippen molar-refractivity contribution in [1.82, 2.24) is 0 Å². The van der Waals surface area contributed by atoms with Crippen molar-refractivity contribution >= 4 is 22.4 Å². The molecular weight excluding hydrogens is 240 g/mol. The Labute approximate surface area is 103 Å². The third kappa shape index (κ3) is 2.40. The maximum Gasteiger partial charge on any atom is 0.412 e. The van der Waals surface area contributed by atoms with Crippen LogP contribution in [0.15, 0.2) is 0 Å². The summed E-state index contributed by atoms with van der Waals surface area (Å²) in [5.41, 5.74) is 1.62. The molecule has 17 heavy (non-hydrogen) atoms. The molecule has 1 aliphatic rings. The first kappa shape index (κ1) is 11.9. The van der Waals surface area contributed by atoms with Gasteiger partial charge >= 0.3 is 6.09 Å². The number of fused-ring (bicyclic) bond motifs is 1. The molecule has 0 atom stereocenters. The summed E-state index contributed by atoms with van der Waals surface area (Å²) in [5.74, 6) is 0. The first-order valence-corrected chi connectivity index (χ1v) is 6.17. The van der Waals surface area contributed by atoms with Crippen LogP contribution in [0, 0.1) is 11.3 Å². The fraction of sp³-hybridized carbons (Fsp3) is 0.455. The lowest BCUT2D eigenvalue weighted by Crippen LogP contribution is -2.15. The second-order valence-electron chi connectivity index (χ2n) is 3.66. The molecule has 0 aromatic carbocycles. The van der Waals surface area contributed by atoms with Crippen molar-refractivity contribution in [3.63, 3.8) is 0 Å². The van der Waals surface area contributed by atoms with Gasteiger partial charge in [0.1, 0.15) is 17.7 Å². The van der Waals surface area contributed by atoms with Gasteiger partial charge in [-0.1, -0.05) is 0 Å². The molecule has 0 saturated carbocycles. The molecule has 1 aromatic rings. The predicted molar refractivity (Wildman–Crippen MR) is 63.1 cm³/mol. The lowest BCUT2D eigenvalue weighted by molar-refractivity contribution is 0.131. The zero-order chi connectivity index (χ0) is 12.3. The molecular formula is C11H12N2O3S. The molecule has 1 amide bonds. The zero-order valence-electron chi connectivity index (χ0n) is 9.15. The molecule has 0 radical (unpaired) electrons. The van der Waals surface area contributed by atoms with Crippen molar-refractivity contribution in [3.8, 4) is 6.07 Å². The summed E-state index contributed by atoms with van der Waals surface area (Å²) in [6.07, 6.45) is 2.32. The van der Waals surface area contributed by atoms with Gasteiger partial charge in [0.2, 0.25) is 0 Å². The Morgan fingerprint density at radius 1 is 1.59 bits per heavy atom. The van der Waals surface area contributed by atoms with Crippen LogP contribution in [0.2, 0.25) is 0 Å². The number of aliphatic hydroxyl groups is 1. The van der Waals surface area contributed by atoms with E-state index in [0.29, 0.717) is 10.6 Å². The highest BCUT2D eigenvalue weighted by Crippen LogP contribution is 2.38. The van der Waals surface area contributed by atoms with E-state index in [1.165, 1.54) is 16.2 Å². The number of amides is 1. The van der Waals surface area contributed by atoms with Gasteiger partial charge in [-0.25, -0.2) is 4.79 Å². The quantitative estimate of drug-likeness (QED) is 0.856. The van der Waals surface area contributed by atoms with E-state index in [1.54, 1.807) is 0 Å². The topological polar surface area (TPSA) is 82.4 Å². The average molecular weight is 252 g/mol. The van der Waals surface area contributed by atoms with Crippen molar-refractivity contribution in [2.75, 3.05) is 18.5 Å². The predicted octanol–water partition coefficient (Wildman–Crippen LogP) is 1.65. The summed E-state index contributed by atoms with van der Waals surface area (Å²) in [6.45, 7) is -0.252. The summed E-state index contributed by atoms with van der Waals surface area (Å²) >= 11 is 1.44. The molecule has 0 fully saturated rings. The molecule has 6 heteroatoms. The van der Waals surface area contributed by atoms with E-state index in [9.17, 15) is 4.79 Å². The largest absolute Gasteiger partial charge is 0.447 e. The number of aryl methyl sites for hydroxylation is 1. The fourth-order valence-electron chi connectivity index (χ4n) is 1.88. The summed E-state index contributed by atoms with van der Waals surface area (Å²) < 4.78 is 4.69. The third-order valence-corrected chi connectivity index (χ3v) is 3.78. The number of carbonyl (C=O) groups is 1. The highest BCUT2D eigenvalue weighted by molar-refractivity contribution is 7.16. The summed E-state index contributed by atoms with van der Waals surface area (Å²) in [7, 11) is 0. The molecule has 0 aliphatic heterocycles. The Kier molecular flexibility index (Phi) is 3.61. The van der Waals surface area contributed by atoms with Crippen LogP contribution in [0.4, 0.5) is 9.80 Å². The number of nitrogens with one attached hydrogen (secondary N) is 1. The van der Waals surface area contributed by atoms with Gasteiger partial charge in [-0.15, -0.1) is 11.3 Å². The van der Waals surface area contributed by atoms with E-state index in [0.717, 1.165) is 24.8 Å². The van der Waals surface area contributed by atoms with Gasteiger partial charge < -0.3 is 9.84 Å². The molecule has 1 heterocycles. The number of aliphatic hydroxyl groups excluding tert-OH is 1. The first-order valence-electron chi connectivity index (χ1n) is 5.35. The number of nitrogens with zero attached hydrogens (tertiary/aromatic N) is 1. The van der Waals surface area contributed by atoms with E-state index in [1.807, 2.05) is 0 Å². The van der Waals surface area contributed by atoms with Crippen LogP contribution in [-0.4, -0.2) is 24.4 Å². The molecule has 1 aliphatic carbocycles. The molecule has 0 bridgehead atoms. The third-order valence-electron chi connectivity index (χ3n) is 2.57. The Morgan fingerprint density at radius 3 is 3.12 bits per heavy atom. The number of hydrogen-bond acceptors (Lipinski definition) is 5. The van der Waals surface area contributed by atoms with Crippen LogP contribution in [0.25, 0.3) is 0 Å². The van der Waals surface area contributed by atoms with Gasteiger partial charge in [-0.3, -0.25) is 5.32 Å². The number of thiophene rings is 1. The Hall–Kier alpha value is -1.58. The van der Waals surface area contributed by atoms with Crippen molar-refractivity contribution in [2.24, 2.45) is 0 Å². The number of carbonyl (C=O) groups excluding carboxylic acids is 1. The molecule has 2 rings (SSSR count). The molecule has 0 saturated heterocycles. The average Bonchev–Trinajstić information content (AvgIpc) is 2.86.